The molecular formula is C8H6BrClFNO. The Hall–Kier alpha value is -0.610. The molecule has 0 amide bonds. The molecule has 1 rings (SSSR count). The zero-order valence-corrected chi connectivity index (χ0v) is 8.82. The van der Waals surface area contributed by atoms with Gasteiger partial charge in [0, 0.05) is 5.69 Å². The number of alkyl halides is 1. The van der Waals surface area contributed by atoms with E-state index in [0.29, 0.717) is 0 Å². The Labute approximate surface area is 88.0 Å². The van der Waals surface area contributed by atoms with Gasteiger partial charge in [-0.1, -0.05) is 0 Å². The van der Waals surface area contributed by atoms with Crippen molar-refractivity contribution < 1.29 is 9.18 Å². The van der Waals surface area contributed by atoms with Crippen LogP contribution in [0.15, 0.2) is 16.6 Å². The molecule has 0 atom stereocenters. The van der Waals surface area contributed by atoms with Gasteiger partial charge >= 0.3 is 0 Å². The molecule has 0 spiro atoms. The third-order valence-electron chi connectivity index (χ3n) is 1.53. The highest BCUT2D eigenvalue weighted by molar-refractivity contribution is 9.10. The molecule has 0 unspecified atom stereocenters. The van der Waals surface area contributed by atoms with Gasteiger partial charge in [0.1, 0.15) is 5.82 Å². The van der Waals surface area contributed by atoms with E-state index in [1.807, 2.05) is 0 Å². The van der Waals surface area contributed by atoms with E-state index in [9.17, 15) is 9.18 Å². The number of carbonyl (C=O) groups excluding carboxylic acids is 1. The van der Waals surface area contributed by atoms with Crippen LogP contribution in [0.4, 0.5) is 10.1 Å². The molecule has 2 N–H and O–H groups in total. The third-order valence-corrected chi connectivity index (χ3v) is 2.38. The Morgan fingerprint density at radius 2 is 2.23 bits per heavy atom. The molecule has 0 aliphatic heterocycles. The maximum Gasteiger partial charge on any atom is 0.182 e. The minimum absolute atomic E-state index is 0.103. The molecule has 0 aliphatic carbocycles. The third kappa shape index (κ3) is 2.00. The molecule has 0 saturated heterocycles. The van der Waals surface area contributed by atoms with Crippen molar-refractivity contribution in [3.05, 3.63) is 28.0 Å². The highest BCUT2D eigenvalue weighted by Crippen LogP contribution is 2.24. The normalized spacial score (nSPS) is 10.1. The minimum Gasteiger partial charge on any atom is -0.398 e. The Bertz CT molecular complexity index is 356. The summed E-state index contributed by atoms with van der Waals surface area (Å²) >= 11 is 8.25. The second-order valence-corrected chi connectivity index (χ2v) is 3.50. The summed E-state index contributed by atoms with van der Waals surface area (Å²) < 4.78 is 13.5. The average Bonchev–Trinajstić information content (AvgIpc) is 2.12. The van der Waals surface area contributed by atoms with Gasteiger partial charge in [0.2, 0.25) is 0 Å². The first kappa shape index (κ1) is 10.5. The van der Waals surface area contributed by atoms with E-state index in [4.69, 9.17) is 17.3 Å². The van der Waals surface area contributed by atoms with Gasteiger partial charge in [-0.05, 0) is 28.1 Å². The molecule has 0 fully saturated rings. The highest BCUT2D eigenvalue weighted by Gasteiger charge is 2.16. The number of rotatable bonds is 2. The van der Waals surface area contributed by atoms with Crippen LogP contribution in [0.25, 0.3) is 0 Å². The predicted molar refractivity (Wildman–Crippen MR) is 53.6 cm³/mol. The molecule has 13 heavy (non-hydrogen) atoms. The zero-order chi connectivity index (χ0) is 10.0. The first-order chi connectivity index (χ1) is 6.07. The van der Waals surface area contributed by atoms with E-state index in [1.165, 1.54) is 12.1 Å². The smallest absolute Gasteiger partial charge is 0.182 e. The summed E-state index contributed by atoms with van der Waals surface area (Å²) in [6.45, 7) is 0. The Morgan fingerprint density at radius 3 is 2.77 bits per heavy atom. The lowest BCUT2D eigenvalue weighted by atomic mass is 10.1. The largest absolute Gasteiger partial charge is 0.398 e. The van der Waals surface area contributed by atoms with Crippen LogP contribution in [0.5, 0.6) is 0 Å². The van der Waals surface area contributed by atoms with Crippen molar-refractivity contribution in [3.8, 4) is 0 Å². The molecular weight excluding hydrogens is 260 g/mol. The van der Waals surface area contributed by atoms with E-state index in [0.717, 1.165) is 0 Å². The number of ketones is 1. The topological polar surface area (TPSA) is 43.1 Å². The number of carbonyl (C=O) groups is 1. The Balaban J connectivity index is 3.33. The van der Waals surface area contributed by atoms with Gasteiger partial charge in [-0.3, -0.25) is 4.79 Å². The maximum atomic E-state index is 13.3. The highest BCUT2D eigenvalue weighted by atomic mass is 79.9. The number of benzene rings is 1. The molecule has 0 saturated carbocycles. The van der Waals surface area contributed by atoms with Crippen LogP contribution in [-0.2, 0) is 0 Å². The van der Waals surface area contributed by atoms with Crippen LogP contribution in [0, 0.1) is 5.82 Å². The Kier molecular flexibility index (Phi) is 3.27. The van der Waals surface area contributed by atoms with Crippen LogP contribution in [0.1, 0.15) is 10.4 Å². The van der Waals surface area contributed by atoms with E-state index >= 15 is 0 Å². The van der Waals surface area contributed by atoms with Gasteiger partial charge < -0.3 is 5.73 Å². The lowest BCUT2D eigenvalue weighted by Gasteiger charge is -2.05. The molecule has 0 radical (unpaired) electrons. The average molecular weight is 266 g/mol. The molecule has 0 heterocycles. The first-order valence-corrected chi connectivity index (χ1v) is 4.73. The van der Waals surface area contributed by atoms with Crippen LogP contribution in [0.3, 0.4) is 0 Å². The van der Waals surface area contributed by atoms with Gasteiger partial charge in [0.25, 0.3) is 0 Å². The molecule has 70 valence electrons. The summed E-state index contributed by atoms with van der Waals surface area (Å²) in [5.74, 6) is -1.46. The van der Waals surface area contributed by atoms with Crippen molar-refractivity contribution in [1.29, 1.82) is 0 Å². The molecule has 0 aromatic heterocycles. The van der Waals surface area contributed by atoms with Crippen molar-refractivity contribution in [2.24, 2.45) is 0 Å². The number of halogens is 3. The van der Waals surface area contributed by atoms with Gasteiger partial charge in [-0.2, -0.15) is 0 Å². The number of nitrogen functional groups attached to an aromatic ring is 1. The quantitative estimate of drug-likeness (QED) is 0.508. The van der Waals surface area contributed by atoms with E-state index in [-0.39, 0.29) is 21.6 Å². The molecule has 0 bridgehead atoms. The summed E-state index contributed by atoms with van der Waals surface area (Å²) in [5.41, 5.74) is 5.38. The fourth-order valence-corrected chi connectivity index (χ4v) is 1.38. The molecule has 1 aromatic carbocycles. The van der Waals surface area contributed by atoms with Gasteiger partial charge in [-0.25, -0.2) is 4.39 Å². The van der Waals surface area contributed by atoms with Gasteiger partial charge in [0.15, 0.2) is 5.78 Å². The monoisotopic (exact) mass is 265 g/mol. The van der Waals surface area contributed by atoms with E-state index < -0.39 is 11.6 Å². The fraction of sp³-hybridized carbons (Fsp3) is 0.125. The number of nitrogens with two attached hydrogens (primary N) is 1. The lowest BCUT2D eigenvalue weighted by Crippen LogP contribution is -2.08. The number of Topliss-reactive ketones (excluding diaryl/α,β-unsaturated/α-hetero) is 1. The number of anilines is 1. The zero-order valence-electron chi connectivity index (χ0n) is 6.48. The SMILES string of the molecule is Nc1ccc(Br)c(F)c1C(=O)CCl. The molecule has 5 heteroatoms. The molecule has 1 aromatic rings. The lowest BCUT2D eigenvalue weighted by molar-refractivity contribution is 0.101. The molecule has 2 nitrogen and oxygen atoms in total. The predicted octanol–water partition coefficient (Wildman–Crippen LogP) is 2.59. The number of hydrogen-bond donors (Lipinski definition) is 1. The van der Waals surface area contributed by atoms with Crippen molar-refractivity contribution in [2.75, 3.05) is 11.6 Å². The summed E-state index contributed by atoms with van der Waals surface area (Å²) in [4.78, 5) is 11.1. The Morgan fingerprint density at radius 1 is 1.62 bits per heavy atom. The van der Waals surface area contributed by atoms with Crippen molar-refractivity contribution >= 4 is 39.0 Å². The second-order valence-electron chi connectivity index (χ2n) is 2.38. The van der Waals surface area contributed by atoms with Crippen LogP contribution in [-0.4, -0.2) is 11.7 Å². The summed E-state index contributed by atoms with van der Waals surface area (Å²) in [5, 5.41) is 0. The number of hydrogen-bond acceptors (Lipinski definition) is 2. The van der Waals surface area contributed by atoms with Crippen molar-refractivity contribution in [3.63, 3.8) is 0 Å². The standard InChI is InChI=1S/C8H6BrClFNO/c9-4-1-2-5(12)7(8(4)11)6(13)3-10/h1-2H,3,12H2. The van der Waals surface area contributed by atoms with Crippen LogP contribution in [0.2, 0.25) is 0 Å². The van der Waals surface area contributed by atoms with Crippen molar-refractivity contribution in [2.45, 2.75) is 0 Å². The summed E-state index contributed by atoms with van der Waals surface area (Å²) in [6, 6.07) is 2.89. The fourth-order valence-electron chi connectivity index (χ4n) is 0.916. The van der Waals surface area contributed by atoms with Gasteiger partial charge in [0.05, 0.1) is 15.9 Å². The van der Waals surface area contributed by atoms with E-state index in [1.54, 1.807) is 0 Å². The minimum atomic E-state index is -0.661. The van der Waals surface area contributed by atoms with E-state index in [2.05, 4.69) is 15.9 Å². The second kappa shape index (κ2) is 4.07. The maximum absolute atomic E-state index is 13.3. The molecule has 0 aliphatic rings. The van der Waals surface area contributed by atoms with Gasteiger partial charge in [-0.15, -0.1) is 11.6 Å². The van der Waals surface area contributed by atoms with Crippen molar-refractivity contribution in [1.82, 2.24) is 0 Å². The summed E-state index contributed by atoms with van der Waals surface area (Å²) in [7, 11) is 0. The first-order valence-electron chi connectivity index (χ1n) is 3.40. The summed E-state index contributed by atoms with van der Waals surface area (Å²) in [6.07, 6.45) is 0. The van der Waals surface area contributed by atoms with Crippen LogP contribution >= 0.6 is 27.5 Å². The van der Waals surface area contributed by atoms with Crippen LogP contribution < -0.4 is 5.73 Å².